The molecule has 0 saturated carbocycles. The van der Waals surface area contributed by atoms with Gasteiger partial charge in [0.15, 0.2) is 0 Å². The van der Waals surface area contributed by atoms with Crippen molar-refractivity contribution in [2.24, 2.45) is 0 Å². The largest absolute Gasteiger partial charge is 0.389 e. The number of nitrogens with one attached hydrogen (secondary N) is 2. The first-order valence-electron chi connectivity index (χ1n) is 5.07. The molecule has 1 rings (SSSR count). The van der Waals surface area contributed by atoms with Crippen molar-refractivity contribution in [1.82, 2.24) is 10.6 Å². The van der Waals surface area contributed by atoms with Gasteiger partial charge in [-0.3, -0.25) is 4.79 Å². The molecule has 0 aromatic heterocycles. The van der Waals surface area contributed by atoms with E-state index in [1.807, 2.05) is 0 Å². The highest BCUT2D eigenvalue weighted by Gasteiger charge is 2.26. The molecular weight excluding hydrogens is 209 g/mol. The van der Waals surface area contributed by atoms with E-state index in [1.165, 1.54) is 0 Å². The van der Waals surface area contributed by atoms with Crippen molar-refractivity contribution in [3.05, 3.63) is 0 Å². The lowest BCUT2D eigenvalue weighted by Crippen LogP contribution is -2.40. The van der Waals surface area contributed by atoms with Crippen LogP contribution in [0, 0.1) is 0 Å². The van der Waals surface area contributed by atoms with Gasteiger partial charge in [-0.1, -0.05) is 0 Å². The number of carbonyl (C=O) groups excluding carboxylic acids is 1. The summed E-state index contributed by atoms with van der Waals surface area (Å²) in [6.45, 7) is 0.900. The fourth-order valence-electron chi connectivity index (χ4n) is 1.53. The first-order valence-corrected chi connectivity index (χ1v) is 5.07. The van der Waals surface area contributed by atoms with Crippen LogP contribution >= 0.6 is 0 Å². The van der Waals surface area contributed by atoms with Gasteiger partial charge in [0.2, 0.25) is 5.91 Å². The van der Waals surface area contributed by atoms with E-state index in [1.54, 1.807) is 0 Å². The van der Waals surface area contributed by atoms with Crippen molar-refractivity contribution in [3.63, 3.8) is 0 Å². The summed E-state index contributed by atoms with van der Waals surface area (Å²) in [5.74, 6) is -0.185. The maximum Gasteiger partial charge on any atom is 0.389 e. The third-order valence-electron chi connectivity index (χ3n) is 2.31. The lowest BCUT2D eigenvalue weighted by atomic mass is 10.2. The Kier molecular flexibility index (Phi) is 4.38. The number of amides is 1. The first kappa shape index (κ1) is 12.3. The second-order valence-corrected chi connectivity index (χ2v) is 3.66. The smallest absolute Gasteiger partial charge is 0.355 e. The molecule has 6 heteroatoms. The van der Waals surface area contributed by atoms with Crippen LogP contribution in [0.2, 0.25) is 0 Å². The van der Waals surface area contributed by atoms with Gasteiger partial charge in [0.25, 0.3) is 0 Å². The van der Waals surface area contributed by atoms with E-state index in [0.717, 1.165) is 19.4 Å². The zero-order valence-electron chi connectivity index (χ0n) is 8.36. The summed E-state index contributed by atoms with van der Waals surface area (Å²) in [7, 11) is 0. The van der Waals surface area contributed by atoms with Crippen molar-refractivity contribution in [2.45, 2.75) is 37.9 Å². The zero-order valence-corrected chi connectivity index (χ0v) is 8.36. The van der Waals surface area contributed by atoms with E-state index in [0.29, 0.717) is 0 Å². The number of rotatable bonds is 4. The Bertz CT molecular complexity index is 212. The average Bonchev–Trinajstić information content (AvgIpc) is 2.63. The second-order valence-electron chi connectivity index (χ2n) is 3.66. The molecule has 0 spiro atoms. The Morgan fingerprint density at radius 3 is 2.73 bits per heavy atom. The highest BCUT2D eigenvalue weighted by Crippen LogP contribution is 2.20. The highest BCUT2D eigenvalue weighted by atomic mass is 19.4. The van der Waals surface area contributed by atoms with Crippen LogP contribution in [-0.2, 0) is 4.79 Å². The molecule has 0 unspecified atom stereocenters. The molecule has 1 aliphatic rings. The third kappa shape index (κ3) is 5.01. The van der Waals surface area contributed by atoms with Crippen molar-refractivity contribution >= 4 is 5.91 Å². The summed E-state index contributed by atoms with van der Waals surface area (Å²) in [5.41, 5.74) is 0. The van der Waals surface area contributed by atoms with Crippen LogP contribution < -0.4 is 10.6 Å². The SMILES string of the molecule is O=C(NCCCC(F)(F)F)[C@H]1CCCN1. The number of hydrogen-bond donors (Lipinski definition) is 2. The molecule has 2 N–H and O–H groups in total. The van der Waals surface area contributed by atoms with Crippen LogP contribution in [0.4, 0.5) is 13.2 Å². The second kappa shape index (κ2) is 5.34. The Hall–Kier alpha value is -0.780. The average molecular weight is 224 g/mol. The summed E-state index contributed by atoms with van der Waals surface area (Å²) in [6, 6.07) is -0.212. The van der Waals surface area contributed by atoms with Gasteiger partial charge < -0.3 is 10.6 Å². The van der Waals surface area contributed by atoms with Crippen LogP contribution in [0.5, 0.6) is 0 Å². The third-order valence-corrected chi connectivity index (χ3v) is 2.31. The van der Waals surface area contributed by atoms with E-state index < -0.39 is 12.6 Å². The minimum absolute atomic E-state index is 0.0536. The van der Waals surface area contributed by atoms with Gasteiger partial charge in [0.1, 0.15) is 0 Å². The molecule has 1 atom stereocenters. The molecule has 0 bridgehead atoms. The summed E-state index contributed by atoms with van der Waals surface area (Å²) in [4.78, 5) is 11.3. The van der Waals surface area contributed by atoms with Crippen molar-refractivity contribution in [1.29, 1.82) is 0 Å². The molecule has 1 amide bonds. The molecule has 3 nitrogen and oxygen atoms in total. The van der Waals surface area contributed by atoms with Crippen LogP contribution in [0.15, 0.2) is 0 Å². The molecule has 15 heavy (non-hydrogen) atoms. The molecule has 0 aliphatic carbocycles. The minimum Gasteiger partial charge on any atom is -0.355 e. The van der Waals surface area contributed by atoms with E-state index >= 15 is 0 Å². The molecule has 88 valence electrons. The van der Waals surface area contributed by atoms with Crippen LogP contribution in [-0.4, -0.2) is 31.2 Å². The maximum absolute atomic E-state index is 11.8. The van der Waals surface area contributed by atoms with Gasteiger partial charge in [0, 0.05) is 13.0 Å². The number of alkyl halides is 3. The lowest BCUT2D eigenvalue weighted by molar-refractivity contribution is -0.136. The summed E-state index contributed by atoms with van der Waals surface area (Å²) in [5, 5.41) is 5.47. The minimum atomic E-state index is -4.13. The Balaban J connectivity index is 2.07. The van der Waals surface area contributed by atoms with Crippen molar-refractivity contribution < 1.29 is 18.0 Å². The van der Waals surface area contributed by atoms with Crippen LogP contribution in [0.1, 0.15) is 25.7 Å². The first-order chi connectivity index (χ1) is 6.99. The van der Waals surface area contributed by atoms with Crippen LogP contribution in [0.25, 0.3) is 0 Å². The van der Waals surface area contributed by atoms with E-state index in [-0.39, 0.29) is 24.9 Å². The molecule has 1 saturated heterocycles. The number of carbonyl (C=O) groups is 1. The van der Waals surface area contributed by atoms with E-state index in [2.05, 4.69) is 10.6 Å². The summed E-state index contributed by atoms with van der Waals surface area (Å²) >= 11 is 0. The molecule has 1 aliphatic heterocycles. The fraction of sp³-hybridized carbons (Fsp3) is 0.889. The van der Waals surface area contributed by atoms with E-state index in [4.69, 9.17) is 0 Å². The van der Waals surface area contributed by atoms with Gasteiger partial charge in [-0.25, -0.2) is 0 Å². The molecule has 0 aromatic carbocycles. The lowest BCUT2D eigenvalue weighted by Gasteiger charge is -2.11. The molecule has 0 radical (unpaired) electrons. The topological polar surface area (TPSA) is 41.1 Å². The molecule has 1 heterocycles. The monoisotopic (exact) mass is 224 g/mol. The van der Waals surface area contributed by atoms with Gasteiger partial charge in [0.05, 0.1) is 6.04 Å². The Morgan fingerprint density at radius 2 is 2.20 bits per heavy atom. The van der Waals surface area contributed by atoms with Gasteiger partial charge >= 0.3 is 6.18 Å². The standard InChI is InChI=1S/C9H15F3N2O/c10-9(11,12)4-2-6-14-8(15)7-3-1-5-13-7/h7,13H,1-6H2,(H,14,15)/t7-/m1/s1. The molecular formula is C9H15F3N2O. The zero-order chi connectivity index (χ0) is 11.3. The number of hydrogen-bond acceptors (Lipinski definition) is 2. The summed E-state index contributed by atoms with van der Waals surface area (Å²) in [6.07, 6.45) is -3.31. The quantitative estimate of drug-likeness (QED) is 0.704. The normalized spacial score (nSPS) is 21.7. The fourth-order valence-corrected chi connectivity index (χ4v) is 1.53. The maximum atomic E-state index is 11.8. The molecule has 0 aromatic rings. The number of halogens is 3. The highest BCUT2D eigenvalue weighted by molar-refractivity contribution is 5.81. The predicted molar refractivity (Wildman–Crippen MR) is 49.3 cm³/mol. The predicted octanol–water partition coefficient (Wildman–Crippen LogP) is 1.20. The van der Waals surface area contributed by atoms with E-state index in [9.17, 15) is 18.0 Å². The van der Waals surface area contributed by atoms with Gasteiger partial charge in [-0.15, -0.1) is 0 Å². The van der Waals surface area contributed by atoms with Crippen LogP contribution in [0.3, 0.4) is 0 Å². The Labute approximate surface area is 86.4 Å². The Morgan fingerprint density at radius 1 is 1.47 bits per heavy atom. The van der Waals surface area contributed by atoms with Gasteiger partial charge in [-0.2, -0.15) is 13.2 Å². The van der Waals surface area contributed by atoms with Crippen molar-refractivity contribution in [3.8, 4) is 0 Å². The molecule has 1 fully saturated rings. The van der Waals surface area contributed by atoms with Gasteiger partial charge in [-0.05, 0) is 25.8 Å². The van der Waals surface area contributed by atoms with Crippen molar-refractivity contribution in [2.75, 3.05) is 13.1 Å². The summed E-state index contributed by atoms with van der Waals surface area (Å²) < 4.78 is 35.3.